The summed E-state index contributed by atoms with van der Waals surface area (Å²) in [5, 5.41) is 0. The van der Waals surface area contributed by atoms with Crippen LogP contribution < -0.4 is 14.4 Å². The first-order valence-electron chi connectivity index (χ1n) is 7.57. The number of nitrogens with zero attached hydrogens (tertiary/aromatic N) is 1. The molecule has 0 atom stereocenters. The van der Waals surface area contributed by atoms with Crippen LogP contribution in [0.2, 0.25) is 0 Å². The Bertz CT molecular complexity index is 850. The summed E-state index contributed by atoms with van der Waals surface area (Å²) in [4.78, 5) is 13.7. The second-order valence-corrected chi connectivity index (χ2v) is 7.14. The molecule has 7 heteroatoms. The van der Waals surface area contributed by atoms with Gasteiger partial charge in [0.15, 0.2) is 0 Å². The number of carbonyl (C=O) groups excluding carboxylic acids is 1. The van der Waals surface area contributed by atoms with Gasteiger partial charge in [0.05, 0.1) is 17.7 Å². The Morgan fingerprint density at radius 1 is 1.12 bits per heavy atom. The third-order valence-corrected chi connectivity index (χ3v) is 5.23. The fraction of sp³-hybridized carbons (Fsp3) is 0.235. The van der Waals surface area contributed by atoms with E-state index in [1.165, 1.54) is 19.2 Å². The first kappa shape index (κ1) is 16.3. The van der Waals surface area contributed by atoms with Crippen molar-refractivity contribution in [1.82, 2.24) is 0 Å². The zero-order chi connectivity index (χ0) is 17.2. The predicted octanol–water partition coefficient (Wildman–Crippen LogP) is 2.62. The average molecular weight is 346 g/mol. The molecule has 0 aromatic heterocycles. The van der Waals surface area contributed by atoms with E-state index >= 15 is 0 Å². The monoisotopic (exact) mass is 346 g/mol. The van der Waals surface area contributed by atoms with Gasteiger partial charge >= 0.3 is 0 Å². The maximum Gasteiger partial charge on any atom is 0.261 e. The summed E-state index contributed by atoms with van der Waals surface area (Å²) >= 11 is 0. The highest BCUT2D eigenvalue weighted by Crippen LogP contribution is 2.34. The van der Waals surface area contributed by atoms with E-state index < -0.39 is 10.0 Å². The van der Waals surface area contributed by atoms with Gasteiger partial charge in [-0.25, -0.2) is 8.42 Å². The molecule has 0 bridgehead atoms. The topological polar surface area (TPSA) is 75.7 Å². The van der Waals surface area contributed by atoms with Gasteiger partial charge in [0.25, 0.3) is 10.0 Å². The molecule has 3 rings (SSSR count). The second kappa shape index (κ2) is 6.52. The Balaban J connectivity index is 1.97. The van der Waals surface area contributed by atoms with Crippen molar-refractivity contribution in [3.8, 4) is 5.75 Å². The van der Waals surface area contributed by atoms with Gasteiger partial charge in [-0.1, -0.05) is 18.2 Å². The number of sulfonamides is 1. The smallest absolute Gasteiger partial charge is 0.261 e. The number of amides is 1. The minimum absolute atomic E-state index is 0.0288. The SMILES string of the molecule is COc1ccc(S(=O)(=O)Nc2ccccc2)cc1N1CCCC1=O. The Hall–Kier alpha value is -2.54. The molecule has 0 unspecified atom stereocenters. The number of anilines is 2. The minimum atomic E-state index is -3.75. The van der Waals surface area contributed by atoms with Crippen molar-refractivity contribution in [3.05, 3.63) is 48.5 Å². The number of hydrogen-bond donors (Lipinski definition) is 1. The van der Waals surface area contributed by atoms with Crippen LogP contribution in [0.4, 0.5) is 11.4 Å². The molecule has 1 aliphatic rings. The number of benzene rings is 2. The summed E-state index contributed by atoms with van der Waals surface area (Å²) in [5.74, 6) is 0.447. The van der Waals surface area contributed by atoms with E-state index in [0.29, 0.717) is 30.1 Å². The maximum atomic E-state index is 12.6. The molecule has 6 nitrogen and oxygen atoms in total. The summed E-state index contributed by atoms with van der Waals surface area (Å²) in [6.07, 6.45) is 1.21. The lowest BCUT2D eigenvalue weighted by molar-refractivity contribution is -0.117. The number of rotatable bonds is 5. The summed E-state index contributed by atoms with van der Waals surface area (Å²) in [5.41, 5.74) is 0.961. The Kier molecular flexibility index (Phi) is 4.44. The summed E-state index contributed by atoms with van der Waals surface area (Å²) in [6, 6.07) is 13.2. The van der Waals surface area contributed by atoms with Crippen molar-refractivity contribution in [2.75, 3.05) is 23.3 Å². The van der Waals surface area contributed by atoms with Gasteiger partial charge in [-0.05, 0) is 36.8 Å². The minimum Gasteiger partial charge on any atom is -0.495 e. The van der Waals surface area contributed by atoms with Crippen LogP contribution in [0.1, 0.15) is 12.8 Å². The Morgan fingerprint density at radius 3 is 2.50 bits per heavy atom. The third kappa shape index (κ3) is 3.21. The maximum absolute atomic E-state index is 12.6. The number of nitrogens with one attached hydrogen (secondary N) is 1. The summed E-state index contributed by atoms with van der Waals surface area (Å²) < 4.78 is 33.0. The molecule has 1 amide bonds. The van der Waals surface area contributed by atoms with Gasteiger partial charge in [0.1, 0.15) is 5.75 Å². The molecule has 126 valence electrons. The van der Waals surface area contributed by atoms with Crippen LogP contribution in [0.15, 0.2) is 53.4 Å². The number of methoxy groups -OCH3 is 1. The van der Waals surface area contributed by atoms with Gasteiger partial charge in [-0.15, -0.1) is 0 Å². The normalized spacial score (nSPS) is 14.7. The largest absolute Gasteiger partial charge is 0.495 e. The van der Waals surface area contributed by atoms with E-state index in [1.54, 1.807) is 35.2 Å². The number of carbonyl (C=O) groups is 1. The van der Waals surface area contributed by atoms with Crippen molar-refractivity contribution in [2.45, 2.75) is 17.7 Å². The molecule has 2 aromatic rings. The van der Waals surface area contributed by atoms with Crippen molar-refractivity contribution in [1.29, 1.82) is 0 Å². The van der Waals surface area contributed by atoms with Crippen molar-refractivity contribution in [3.63, 3.8) is 0 Å². The van der Waals surface area contributed by atoms with Crippen LogP contribution in [0.5, 0.6) is 5.75 Å². The lowest BCUT2D eigenvalue weighted by atomic mass is 10.2. The molecule has 1 N–H and O–H groups in total. The third-order valence-electron chi connectivity index (χ3n) is 3.85. The van der Waals surface area contributed by atoms with E-state index in [9.17, 15) is 13.2 Å². The predicted molar refractivity (Wildman–Crippen MR) is 91.8 cm³/mol. The molecule has 0 saturated carbocycles. The van der Waals surface area contributed by atoms with Crippen LogP contribution in [0.3, 0.4) is 0 Å². The molecule has 1 aliphatic heterocycles. The molecule has 1 fully saturated rings. The van der Waals surface area contributed by atoms with Crippen LogP contribution in [-0.2, 0) is 14.8 Å². The first-order valence-corrected chi connectivity index (χ1v) is 9.06. The Labute approximate surface area is 141 Å². The highest BCUT2D eigenvalue weighted by molar-refractivity contribution is 7.92. The van der Waals surface area contributed by atoms with Gasteiger partial charge in [0.2, 0.25) is 5.91 Å². The van der Waals surface area contributed by atoms with Crippen molar-refractivity contribution >= 4 is 27.3 Å². The van der Waals surface area contributed by atoms with Crippen LogP contribution in [-0.4, -0.2) is 28.0 Å². The van der Waals surface area contributed by atoms with Crippen LogP contribution in [0, 0.1) is 0 Å². The molecule has 1 saturated heterocycles. The van der Waals surface area contributed by atoms with E-state index in [2.05, 4.69) is 4.72 Å². The first-order chi connectivity index (χ1) is 11.5. The molecule has 0 aliphatic carbocycles. The second-order valence-electron chi connectivity index (χ2n) is 5.45. The lowest BCUT2D eigenvalue weighted by Gasteiger charge is -2.20. The zero-order valence-corrected chi connectivity index (χ0v) is 14.0. The van der Waals surface area contributed by atoms with Crippen molar-refractivity contribution < 1.29 is 17.9 Å². The summed E-state index contributed by atoms with van der Waals surface area (Å²) in [7, 11) is -2.26. The highest BCUT2D eigenvalue weighted by atomic mass is 32.2. The molecule has 2 aromatic carbocycles. The zero-order valence-electron chi connectivity index (χ0n) is 13.2. The van der Waals surface area contributed by atoms with Crippen LogP contribution in [0.25, 0.3) is 0 Å². The molecule has 24 heavy (non-hydrogen) atoms. The quantitative estimate of drug-likeness (QED) is 0.903. The molecule has 1 heterocycles. The van der Waals surface area contributed by atoms with Gasteiger partial charge < -0.3 is 9.64 Å². The fourth-order valence-electron chi connectivity index (χ4n) is 2.67. The molecule has 0 spiro atoms. The van der Waals surface area contributed by atoms with E-state index in [4.69, 9.17) is 4.74 Å². The van der Waals surface area contributed by atoms with Gasteiger partial charge in [-0.3, -0.25) is 9.52 Å². The fourth-order valence-corrected chi connectivity index (χ4v) is 3.75. The van der Waals surface area contributed by atoms with E-state index in [-0.39, 0.29) is 10.8 Å². The molecular formula is C17H18N2O4S. The van der Waals surface area contributed by atoms with Crippen LogP contribution >= 0.6 is 0 Å². The average Bonchev–Trinajstić information content (AvgIpc) is 3.00. The number of para-hydroxylation sites is 1. The Morgan fingerprint density at radius 2 is 1.88 bits per heavy atom. The standard InChI is InChI=1S/C17H18N2O4S/c1-23-16-10-9-14(12-15(16)19-11-5-8-17(19)20)24(21,22)18-13-6-3-2-4-7-13/h2-4,6-7,9-10,12,18H,5,8,11H2,1H3. The number of hydrogen-bond acceptors (Lipinski definition) is 4. The van der Waals surface area contributed by atoms with Gasteiger partial charge in [0, 0.05) is 18.7 Å². The lowest BCUT2D eigenvalue weighted by Crippen LogP contribution is -2.24. The molecular weight excluding hydrogens is 328 g/mol. The summed E-state index contributed by atoms with van der Waals surface area (Å²) in [6.45, 7) is 0.560. The van der Waals surface area contributed by atoms with Crippen molar-refractivity contribution in [2.24, 2.45) is 0 Å². The van der Waals surface area contributed by atoms with E-state index in [1.807, 2.05) is 6.07 Å². The molecule has 0 radical (unpaired) electrons. The van der Waals surface area contributed by atoms with E-state index in [0.717, 1.165) is 6.42 Å². The van der Waals surface area contributed by atoms with Gasteiger partial charge in [-0.2, -0.15) is 0 Å². The highest BCUT2D eigenvalue weighted by Gasteiger charge is 2.26. The number of ether oxygens (including phenoxy) is 1.